The van der Waals surface area contributed by atoms with Crippen LogP contribution in [0.2, 0.25) is 0 Å². The first-order valence-corrected chi connectivity index (χ1v) is 11.2. The highest BCUT2D eigenvalue weighted by Crippen LogP contribution is 2.31. The maximum absolute atomic E-state index is 14.3. The fourth-order valence-corrected chi connectivity index (χ4v) is 4.33. The number of thioether (sulfide) groups is 1. The molecule has 1 N–H and O–H groups in total. The highest BCUT2D eigenvalue weighted by molar-refractivity contribution is 9.10. The molecular weight excluding hydrogens is 497 g/mol. The highest BCUT2D eigenvalue weighted by Gasteiger charge is 2.18. The summed E-state index contributed by atoms with van der Waals surface area (Å²) in [5, 5.41) is 18.5. The maximum Gasteiger partial charge on any atom is 0.335 e. The average molecular weight is 514 g/mol. The van der Waals surface area contributed by atoms with Gasteiger partial charge in [0.1, 0.15) is 11.6 Å². The predicted molar refractivity (Wildman–Crippen MR) is 124 cm³/mol. The number of rotatable bonds is 7. The Balaban J connectivity index is 1.73. The molecule has 3 aromatic carbocycles. The number of nitrogens with zero attached hydrogens (tertiary/aromatic N) is 3. The monoisotopic (exact) mass is 513 g/mol. The van der Waals surface area contributed by atoms with Gasteiger partial charge in [0.2, 0.25) is 0 Å². The van der Waals surface area contributed by atoms with Gasteiger partial charge < -0.3 is 9.84 Å². The molecule has 4 aromatic rings. The minimum atomic E-state index is -1.00. The van der Waals surface area contributed by atoms with Crippen LogP contribution in [0.5, 0.6) is 5.75 Å². The van der Waals surface area contributed by atoms with Gasteiger partial charge in [-0.25, -0.2) is 9.18 Å². The summed E-state index contributed by atoms with van der Waals surface area (Å²) in [5.74, 6) is 0.336. The largest absolute Gasteiger partial charge is 0.497 e. The molecule has 0 aliphatic carbocycles. The Kier molecular flexibility index (Phi) is 6.57. The summed E-state index contributed by atoms with van der Waals surface area (Å²) in [5.41, 5.74) is 2.23. The molecule has 1 heterocycles. The lowest BCUT2D eigenvalue weighted by molar-refractivity contribution is 0.0697. The Morgan fingerprint density at radius 2 is 1.81 bits per heavy atom. The Labute approximate surface area is 196 Å². The van der Waals surface area contributed by atoms with Crippen molar-refractivity contribution in [1.82, 2.24) is 14.8 Å². The first-order chi connectivity index (χ1) is 15.5. The second-order valence-corrected chi connectivity index (χ2v) is 8.60. The second kappa shape index (κ2) is 9.54. The van der Waals surface area contributed by atoms with Gasteiger partial charge in [-0.05, 0) is 66.2 Å². The molecule has 32 heavy (non-hydrogen) atoms. The van der Waals surface area contributed by atoms with E-state index in [1.165, 1.54) is 30.0 Å². The first kappa shape index (κ1) is 22.0. The normalized spacial score (nSPS) is 10.8. The number of carboxylic acids is 1. The van der Waals surface area contributed by atoms with Crippen LogP contribution in [-0.4, -0.2) is 33.0 Å². The third-order valence-corrected chi connectivity index (χ3v) is 6.20. The van der Waals surface area contributed by atoms with E-state index < -0.39 is 5.97 Å². The van der Waals surface area contributed by atoms with Gasteiger partial charge in [-0.3, -0.25) is 4.57 Å². The van der Waals surface area contributed by atoms with Crippen LogP contribution < -0.4 is 4.74 Å². The van der Waals surface area contributed by atoms with E-state index in [2.05, 4.69) is 26.1 Å². The van der Waals surface area contributed by atoms with Gasteiger partial charge in [0.05, 0.1) is 12.7 Å². The molecule has 1 aromatic heterocycles. The van der Waals surface area contributed by atoms with Gasteiger partial charge in [-0.2, -0.15) is 0 Å². The number of hydrogen-bond acceptors (Lipinski definition) is 5. The molecule has 0 unspecified atom stereocenters. The van der Waals surface area contributed by atoms with Crippen LogP contribution in [0.25, 0.3) is 17.1 Å². The number of hydrogen-bond donors (Lipinski definition) is 1. The third kappa shape index (κ3) is 4.68. The van der Waals surface area contributed by atoms with Gasteiger partial charge in [-0.1, -0.05) is 33.8 Å². The van der Waals surface area contributed by atoms with Crippen molar-refractivity contribution in [3.8, 4) is 22.8 Å². The van der Waals surface area contributed by atoms with Crippen LogP contribution in [0.3, 0.4) is 0 Å². The van der Waals surface area contributed by atoms with Crippen LogP contribution in [0.4, 0.5) is 4.39 Å². The van der Waals surface area contributed by atoms with Gasteiger partial charge in [-0.15, -0.1) is 10.2 Å². The lowest BCUT2D eigenvalue weighted by Crippen LogP contribution is -2.02. The summed E-state index contributed by atoms with van der Waals surface area (Å²) in [6.07, 6.45) is 0. The molecule has 4 rings (SSSR count). The van der Waals surface area contributed by atoms with Crippen molar-refractivity contribution >= 4 is 33.7 Å². The van der Waals surface area contributed by atoms with Crippen molar-refractivity contribution in [2.45, 2.75) is 10.9 Å². The molecule has 0 bridgehead atoms. The van der Waals surface area contributed by atoms with E-state index in [1.807, 2.05) is 28.8 Å². The molecule has 0 amide bonds. The van der Waals surface area contributed by atoms with Crippen molar-refractivity contribution in [1.29, 1.82) is 0 Å². The summed E-state index contributed by atoms with van der Waals surface area (Å²) in [6, 6.07) is 18.8. The number of carboxylic acid groups (broad SMARTS) is 1. The molecule has 0 saturated carbocycles. The van der Waals surface area contributed by atoms with Crippen molar-refractivity contribution in [3.05, 3.63) is 88.1 Å². The molecule has 0 atom stereocenters. The Morgan fingerprint density at radius 1 is 1.09 bits per heavy atom. The number of carbonyl (C=O) groups is 1. The molecule has 0 radical (unpaired) electrons. The maximum atomic E-state index is 14.3. The van der Waals surface area contributed by atoms with Crippen LogP contribution in [-0.2, 0) is 5.75 Å². The Bertz CT molecular complexity index is 1260. The van der Waals surface area contributed by atoms with E-state index in [0.29, 0.717) is 38.2 Å². The second-order valence-electron chi connectivity index (χ2n) is 6.75. The minimum Gasteiger partial charge on any atom is -0.497 e. The number of aromatic nitrogens is 3. The van der Waals surface area contributed by atoms with E-state index in [4.69, 9.17) is 4.74 Å². The fourth-order valence-electron chi connectivity index (χ4n) is 3.06. The van der Waals surface area contributed by atoms with Gasteiger partial charge in [0.15, 0.2) is 11.0 Å². The van der Waals surface area contributed by atoms with E-state index >= 15 is 0 Å². The van der Waals surface area contributed by atoms with Crippen LogP contribution in [0.1, 0.15) is 15.9 Å². The van der Waals surface area contributed by atoms with Crippen LogP contribution in [0, 0.1) is 5.82 Å². The van der Waals surface area contributed by atoms with Crippen LogP contribution in [0.15, 0.2) is 76.4 Å². The molecule has 9 heteroatoms. The molecule has 0 fully saturated rings. The standard InChI is InChI=1S/C23H17BrFN3O3S/c1-31-19-10-5-14(6-11-19)21-26-27-23(32-13-16-2-7-17(24)12-20(16)25)28(21)18-8-3-15(4-9-18)22(29)30/h2-12H,13H2,1H3,(H,29,30). The summed E-state index contributed by atoms with van der Waals surface area (Å²) in [4.78, 5) is 11.2. The van der Waals surface area contributed by atoms with Crippen molar-refractivity contribution in [3.63, 3.8) is 0 Å². The minimum absolute atomic E-state index is 0.180. The predicted octanol–water partition coefficient (Wildman–Crippen LogP) is 5.84. The molecule has 0 saturated heterocycles. The van der Waals surface area contributed by atoms with Gasteiger partial charge in [0.25, 0.3) is 0 Å². The van der Waals surface area contributed by atoms with E-state index in [-0.39, 0.29) is 11.4 Å². The summed E-state index contributed by atoms with van der Waals surface area (Å²) >= 11 is 4.61. The van der Waals surface area contributed by atoms with Gasteiger partial charge in [0, 0.05) is 21.5 Å². The van der Waals surface area contributed by atoms with Crippen LogP contribution >= 0.6 is 27.7 Å². The molecule has 0 aliphatic heterocycles. The highest BCUT2D eigenvalue weighted by atomic mass is 79.9. The molecular formula is C23H17BrFN3O3S. The Morgan fingerprint density at radius 3 is 2.44 bits per heavy atom. The summed E-state index contributed by atoms with van der Waals surface area (Å²) in [7, 11) is 1.59. The Hall–Kier alpha value is -3.17. The lowest BCUT2D eigenvalue weighted by Gasteiger charge is -2.11. The fraction of sp³-hybridized carbons (Fsp3) is 0.0870. The van der Waals surface area contributed by atoms with Gasteiger partial charge >= 0.3 is 5.97 Å². The first-order valence-electron chi connectivity index (χ1n) is 9.46. The number of benzene rings is 3. The van der Waals surface area contributed by atoms with Crippen molar-refractivity contribution in [2.24, 2.45) is 0 Å². The zero-order chi connectivity index (χ0) is 22.7. The number of methoxy groups -OCH3 is 1. The zero-order valence-electron chi connectivity index (χ0n) is 16.8. The molecule has 0 aliphatic rings. The van der Waals surface area contributed by atoms with Crippen molar-refractivity contribution < 1.29 is 19.0 Å². The summed E-state index contributed by atoms with van der Waals surface area (Å²) in [6.45, 7) is 0. The number of aromatic carboxylic acids is 1. The lowest BCUT2D eigenvalue weighted by atomic mass is 10.2. The topological polar surface area (TPSA) is 77.2 Å². The smallest absolute Gasteiger partial charge is 0.335 e. The van der Waals surface area contributed by atoms with E-state index in [1.54, 1.807) is 31.4 Å². The molecule has 6 nitrogen and oxygen atoms in total. The zero-order valence-corrected chi connectivity index (χ0v) is 19.2. The number of ether oxygens (including phenoxy) is 1. The molecule has 0 spiro atoms. The molecule has 162 valence electrons. The quantitative estimate of drug-likeness (QED) is 0.313. The average Bonchev–Trinajstić information content (AvgIpc) is 3.22. The van der Waals surface area contributed by atoms with E-state index in [9.17, 15) is 14.3 Å². The third-order valence-electron chi connectivity index (χ3n) is 4.73. The van der Waals surface area contributed by atoms with E-state index in [0.717, 1.165) is 5.56 Å². The summed E-state index contributed by atoms with van der Waals surface area (Å²) < 4.78 is 22.0. The SMILES string of the molecule is COc1ccc(-c2nnc(SCc3ccc(Br)cc3F)n2-c2ccc(C(=O)O)cc2)cc1. The number of halogens is 2. The van der Waals surface area contributed by atoms with Crippen molar-refractivity contribution in [2.75, 3.05) is 7.11 Å².